The molecule has 0 heterocycles. The fourth-order valence-electron chi connectivity index (χ4n) is 1.98. The number of rotatable bonds is 7. The molecule has 0 spiro atoms. The van der Waals surface area contributed by atoms with Gasteiger partial charge in [-0.25, -0.2) is 0 Å². The quantitative estimate of drug-likeness (QED) is 0.576. The first-order chi connectivity index (χ1) is 8.19. The van der Waals surface area contributed by atoms with Gasteiger partial charge in [-0.3, -0.25) is 0 Å². The van der Waals surface area contributed by atoms with Gasteiger partial charge in [-0.2, -0.15) is 0 Å². The molecule has 0 aliphatic carbocycles. The van der Waals surface area contributed by atoms with E-state index in [1.54, 1.807) is 0 Å². The second kappa shape index (κ2) is 7.13. The molecule has 1 N–H and O–H groups in total. The highest BCUT2D eigenvalue weighted by atomic mass is 16.5. The Bertz CT molecular complexity index is 348. The number of nitrogens with one attached hydrogen (secondary N) is 1. The zero-order valence-corrected chi connectivity index (χ0v) is 11.2. The van der Waals surface area contributed by atoms with E-state index in [9.17, 15) is 0 Å². The van der Waals surface area contributed by atoms with Gasteiger partial charge in [0.05, 0.1) is 6.61 Å². The predicted octanol–water partition coefficient (Wildman–Crippen LogP) is 3.37. The van der Waals surface area contributed by atoms with Gasteiger partial charge in [0, 0.05) is 6.54 Å². The van der Waals surface area contributed by atoms with Gasteiger partial charge in [0.25, 0.3) is 0 Å². The van der Waals surface area contributed by atoms with Crippen LogP contribution in [-0.4, -0.2) is 13.7 Å². The number of hydrogen-bond donors (Lipinski definition) is 1. The number of unbranched alkanes of at least 4 members (excludes halogenated alkanes) is 1. The lowest BCUT2D eigenvalue weighted by molar-refractivity contribution is 0.308. The molecule has 0 fully saturated rings. The van der Waals surface area contributed by atoms with Crippen molar-refractivity contribution in [2.45, 2.75) is 33.2 Å². The number of allylic oxidation sites excluding steroid dienone is 1. The Morgan fingerprint density at radius 3 is 2.47 bits per heavy atom. The third-order valence-electron chi connectivity index (χ3n) is 2.70. The normalized spacial score (nSPS) is 10.3. The lowest BCUT2D eigenvalue weighted by Gasteiger charge is -2.13. The van der Waals surface area contributed by atoms with Crippen molar-refractivity contribution in [2.75, 3.05) is 13.7 Å². The van der Waals surface area contributed by atoms with Gasteiger partial charge in [0.2, 0.25) is 0 Å². The van der Waals surface area contributed by atoms with Gasteiger partial charge in [-0.1, -0.05) is 18.2 Å². The molecule has 0 aliphatic heterocycles. The number of benzene rings is 1. The molecule has 1 rings (SSSR count). The molecule has 1 aromatic carbocycles. The fraction of sp³-hybridized carbons (Fsp3) is 0.467. The largest absolute Gasteiger partial charge is 0.493 e. The molecule has 94 valence electrons. The molecule has 0 aliphatic rings. The minimum absolute atomic E-state index is 0.763. The molecule has 0 aromatic heterocycles. The van der Waals surface area contributed by atoms with Gasteiger partial charge in [-0.05, 0) is 50.4 Å². The predicted molar refractivity (Wildman–Crippen MR) is 73.6 cm³/mol. The van der Waals surface area contributed by atoms with Crippen LogP contribution in [0.5, 0.6) is 5.75 Å². The highest BCUT2D eigenvalue weighted by molar-refractivity contribution is 5.43. The Morgan fingerprint density at radius 1 is 1.29 bits per heavy atom. The summed E-state index contributed by atoms with van der Waals surface area (Å²) in [6.07, 6.45) is 3.97. The van der Waals surface area contributed by atoms with Gasteiger partial charge in [0.1, 0.15) is 5.75 Å². The second-order valence-electron chi connectivity index (χ2n) is 4.37. The van der Waals surface area contributed by atoms with E-state index in [4.69, 9.17) is 4.74 Å². The summed E-state index contributed by atoms with van der Waals surface area (Å²) in [6.45, 7) is 9.59. The van der Waals surface area contributed by atoms with Gasteiger partial charge in [-0.15, -0.1) is 6.58 Å². The van der Waals surface area contributed by atoms with Crippen LogP contribution in [0.25, 0.3) is 0 Å². The summed E-state index contributed by atoms with van der Waals surface area (Å²) in [6, 6.07) is 4.37. The van der Waals surface area contributed by atoms with Crippen molar-refractivity contribution in [3.05, 3.63) is 41.5 Å². The molecule has 0 saturated carbocycles. The molecule has 2 nitrogen and oxygen atoms in total. The summed E-state index contributed by atoms with van der Waals surface area (Å²) in [5, 5.41) is 3.17. The van der Waals surface area contributed by atoms with Crippen molar-refractivity contribution in [3.8, 4) is 5.75 Å². The molecule has 2 heteroatoms. The summed E-state index contributed by atoms with van der Waals surface area (Å²) < 4.78 is 5.83. The molecular formula is C15H23NO. The minimum Gasteiger partial charge on any atom is -0.493 e. The molecule has 0 unspecified atom stereocenters. The third-order valence-corrected chi connectivity index (χ3v) is 2.70. The zero-order chi connectivity index (χ0) is 12.7. The van der Waals surface area contributed by atoms with E-state index in [0.29, 0.717) is 0 Å². The summed E-state index contributed by atoms with van der Waals surface area (Å²) >= 11 is 0. The maximum atomic E-state index is 5.83. The van der Waals surface area contributed by atoms with Crippen LogP contribution in [0.4, 0.5) is 0 Å². The maximum Gasteiger partial charge on any atom is 0.125 e. The van der Waals surface area contributed by atoms with Crippen molar-refractivity contribution in [1.82, 2.24) is 5.32 Å². The Morgan fingerprint density at radius 2 is 1.94 bits per heavy atom. The van der Waals surface area contributed by atoms with E-state index >= 15 is 0 Å². The van der Waals surface area contributed by atoms with Crippen LogP contribution in [-0.2, 0) is 6.54 Å². The molecule has 17 heavy (non-hydrogen) atoms. The number of ether oxygens (including phenoxy) is 1. The van der Waals surface area contributed by atoms with Gasteiger partial charge in [0.15, 0.2) is 0 Å². The van der Waals surface area contributed by atoms with Gasteiger partial charge >= 0.3 is 0 Å². The van der Waals surface area contributed by atoms with Crippen LogP contribution >= 0.6 is 0 Å². The molecule has 0 radical (unpaired) electrons. The lowest BCUT2D eigenvalue weighted by atomic mass is 10.1. The first-order valence-corrected chi connectivity index (χ1v) is 6.17. The molecule has 0 amide bonds. The van der Waals surface area contributed by atoms with Crippen molar-refractivity contribution in [2.24, 2.45) is 0 Å². The van der Waals surface area contributed by atoms with Crippen molar-refractivity contribution in [3.63, 3.8) is 0 Å². The van der Waals surface area contributed by atoms with E-state index in [0.717, 1.165) is 31.7 Å². The Balaban J connectivity index is 2.68. The number of hydrogen-bond acceptors (Lipinski definition) is 2. The monoisotopic (exact) mass is 233 g/mol. The molecule has 0 saturated heterocycles. The van der Waals surface area contributed by atoms with E-state index in [1.165, 1.54) is 16.7 Å². The van der Waals surface area contributed by atoms with E-state index in [1.807, 2.05) is 13.1 Å². The zero-order valence-electron chi connectivity index (χ0n) is 11.2. The fourth-order valence-corrected chi connectivity index (χ4v) is 1.98. The minimum atomic E-state index is 0.763. The van der Waals surface area contributed by atoms with Crippen molar-refractivity contribution >= 4 is 0 Å². The SMILES string of the molecule is C=CCCCOc1c(C)cc(CNC)cc1C. The highest BCUT2D eigenvalue weighted by Gasteiger charge is 2.05. The van der Waals surface area contributed by atoms with Crippen LogP contribution in [0, 0.1) is 13.8 Å². The second-order valence-corrected chi connectivity index (χ2v) is 4.37. The summed E-state index contributed by atoms with van der Waals surface area (Å²) in [5.74, 6) is 1.04. The highest BCUT2D eigenvalue weighted by Crippen LogP contribution is 2.25. The topological polar surface area (TPSA) is 21.3 Å². The smallest absolute Gasteiger partial charge is 0.125 e. The van der Waals surface area contributed by atoms with E-state index in [-0.39, 0.29) is 0 Å². The molecule has 1 aromatic rings. The Labute approximate surface area is 105 Å². The first-order valence-electron chi connectivity index (χ1n) is 6.17. The van der Waals surface area contributed by atoms with Crippen LogP contribution in [0.15, 0.2) is 24.8 Å². The summed E-state index contributed by atoms with van der Waals surface area (Å²) in [7, 11) is 1.96. The van der Waals surface area contributed by atoms with Crippen molar-refractivity contribution < 1.29 is 4.74 Å². The van der Waals surface area contributed by atoms with E-state index in [2.05, 4.69) is 37.9 Å². The Hall–Kier alpha value is -1.28. The third kappa shape index (κ3) is 4.23. The average molecular weight is 233 g/mol. The van der Waals surface area contributed by atoms with Crippen LogP contribution in [0.2, 0.25) is 0 Å². The molecular weight excluding hydrogens is 210 g/mol. The first kappa shape index (κ1) is 13.8. The summed E-state index contributed by atoms with van der Waals surface area (Å²) in [4.78, 5) is 0. The van der Waals surface area contributed by atoms with Crippen LogP contribution in [0.1, 0.15) is 29.5 Å². The average Bonchev–Trinajstić information content (AvgIpc) is 2.27. The maximum absolute atomic E-state index is 5.83. The summed E-state index contributed by atoms with van der Waals surface area (Å²) in [5.41, 5.74) is 3.74. The molecule has 0 atom stereocenters. The standard InChI is InChI=1S/C15H23NO/c1-5-6-7-8-17-15-12(2)9-14(11-16-4)10-13(15)3/h5,9-10,16H,1,6-8,11H2,2-4H3. The molecule has 0 bridgehead atoms. The van der Waals surface area contributed by atoms with Crippen LogP contribution in [0.3, 0.4) is 0 Å². The van der Waals surface area contributed by atoms with Crippen molar-refractivity contribution in [1.29, 1.82) is 0 Å². The van der Waals surface area contributed by atoms with E-state index < -0.39 is 0 Å². The van der Waals surface area contributed by atoms with Gasteiger partial charge < -0.3 is 10.1 Å². The number of aryl methyl sites for hydroxylation is 2. The van der Waals surface area contributed by atoms with Crippen LogP contribution < -0.4 is 10.1 Å². The Kier molecular flexibility index (Phi) is 5.78. The lowest BCUT2D eigenvalue weighted by Crippen LogP contribution is -2.07.